The molecule has 6 heteroatoms. The van der Waals surface area contributed by atoms with E-state index >= 15 is 0 Å². The number of alkyl halides is 1. The Labute approximate surface area is 116 Å². The van der Waals surface area contributed by atoms with Crippen LogP contribution in [0.15, 0.2) is 30.3 Å². The maximum Gasteiger partial charge on any atom is 0.379 e. The predicted molar refractivity (Wildman–Crippen MR) is 69.3 cm³/mol. The van der Waals surface area contributed by atoms with Gasteiger partial charge >= 0.3 is 5.97 Å². The van der Waals surface area contributed by atoms with Gasteiger partial charge in [-0.2, -0.15) is 0 Å². The standard InChI is InChI=1S/C14H17FO5/c15-6-7-18-8-9-19-10-11-20-14(17)13(16)12-4-2-1-3-5-12/h1-5H,6-11H2. The topological polar surface area (TPSA) is 61.8 Å². The van der Waals surface area contributed by atoms with Gasteiger partial charge in [-0.05, 0) is 0 Å². The van der Waals surface area contributed by atoms with E-state index in [-0.39, 0.29) is 38.6 Å². The predicted octanol–water partition coefficient (Wildman–Crippen LogP) is 1.42. The van der Waals surface area contributed by atoms with E-state index in [1.807, 2.05) is 0 Å². The molecule has 0 bridgehead atoms. The van der Waals surface area contributed by atoms with Gasteiger partial charge in [-0.25, -0.2) is 9.18 Å². The highest BCUT2D eigenvalue weighted by molar-refractivity contribution is 6.40. The molecule has 0 fully saturated rings. The smallest absolute Gasteiger partial charge is 0.379 e. The minimum atomic E-state index is -0.909. The van der Waals surface area contributed by atoms with E-state index in [1.54, 1.807) is 30.3 Å². The van der Waals surface area contributed by atoms with E-state index in [2.05, 4.69) is 0 Å². The van der Waals surface area contributed by atoms with Gasteiger partial charge in [0.05, 0.1) is 26.4 Å². The van der Waals surface area contributed by atoms with Crippen molar-refractivity contribution in [1.29, 1.82) is 0 Å². The highest BCUT2D eigenvalue weighted by atomic mass is 19.1. The van der Waals surface area contributed by atoms with Crippen LogP contribution in [0.2, 0.25) is 0 Å². The van der Waals surface area contributed by atoms with Gasteiger partial charge in [0.1, 0.15) is 13.3 Å². The number of carbonyl (C=O) groups excluding carboxylic acids is 2. The molecule has 0 atom stereocenters. The van der Waals surface area contributed by atoms with E-state index in [0.29, 0.717) is 0 Å². The molecule has 1 aromatic carbocycles. The zero-order valence-electron chi connectivity index (χ0n) is 11.0. The van der Waals surface area contributed by atoms with E-state index < -0.39 is 18.4 Å². The van der Waals surface area contributed by atoms with E-state index in [9.17, 15) is 14.0 Å². The molecule has 0 amide bonds. The van der Waals surface area contributed by atoms with Gasteiger partial charge in [0.2, 0.25) is 0 Å². The monoisotopic (exact) mass is 284 g/mol. The van der Waals surface area contributed by atoms with Crippen LogP contribution in [0.1, 0.15) is 10.4 Å². The first-order chi connectivity index (χ1) is 9.75. The first-order valence-corrected chi connectivity index (χ1v) is 6.23. The third kappa shape index (κ3) is 6.40. The van der Waals surface area contributed by atoms with Crippen LogP contribution in [0, 0.1) is 0 Å². The summed E-state index contributed by atoms with van der Waals surface area (Å²) >= 11 is 0. The second kappa shape index (κ2) is 10.1. The van der Waals surface area contributed by atoms with Crippen molar-refractivity contribution in [3.8, 4) is 0 Å². The van der Waals surface area contributed by atoms with Crippen LogP contribution >= 0.6 is 0 Å². The number of halogens is 1. The Morgan fingerprint density at radius 2 is 1.50 bits per heavy atom. The van der Waals surface area contributed by atoms with Crippen molar-refractivity contribution >= 4 is 11.8 Å². The van der Waals surface area contributed by atoms with Crippen LogP contribution in [0.5, 0.6) is 0 Å². The van der Waals surface area contributed by atoms with E-state index in [0.717, 1.165) is 0 Å². The Kier molecular flexibility index (Phi) is 8.17. The molecule has 0 unspecified atom stereocenters. The van der Waals surface area contributed by atoms with Crippen molar-refractivity contribution in [2.45, 2.75) is 0 Å². The lowest BCUT2D eigenvalue weighted by Crippen LogP contribution is -2.20. The molecule has 110 valence electrons. The molecule has 20 heavy (non-hydrogen) atoms. The second-order valence-corrected chi connectivity index (χ2v) is 3.74. The summed E-state index contributed by atoms with van der Waals surface area (Å²) in [7, 11) is 0. The molecule has 0 heterocycles. The van der Waals surface area contributed by atoms with E-state index in [1.165, 1.54) is 0 Å². The van der Waals surface area contributed by atoms with Crippen LogP contribution < -0.4 is 0 Å². The number of ether oxygens (including phenoxy) is 3. The van der Waals surface area contributed by atoms with Gasteiger partial charge in [-0.1, -0.05) is 30.3 Å². The maximum absolute atomic E-state index is 11.7. The molecule has 5 nitrogen and oxygen atoms in total. The molecular weight excluding hydrogens is 267 g/mol. The van der Waals surface area contributed by atoms with Gasteiger partial charge < -0.3 is 14.2 Å². The summed E-state index contributed by atoms with van der Waals surface area (Å²) in [5, 5.41) is 0. The van der Waals surface area contributed by atoms with Crippen molar-refractivity contribution in [3.63, 3.8) is 0 Å². The molecule has 0 aliphatic rings. The summed E-state index contributed by atoms with van der Waals surface area (Å²) in [6.45, 7) is 0.224. The SMILES string of the molecule is O=C(OCCOCCOCCF)C(=O)c1ccccc1. The van der Waals surface area contributed by atoms with Crippen LogP contribution in [0.25, 0.3) is 0 Å². The highest BCUT2D eigenvalue weighted by Crippen LogP contribution is 2.01. The second-order valence-electron chi connectivity index (χ2n) is 3.74. The molecule has 0 aromatic heterocycles. The van der Waals surface area contributed by atoms with Gasteiger partial charge in [0.15, 0.2) is 0 Å². The summed E-state index contributed by atoms with van der Waals surface area (Å²) in [6.07, 6.45) is 0. The van der Waals surface area contributed by atoms with Gasteiger partial charge in [0.25, 0.3) is 5.78 Å². The quantitative estimate of drug-likeness (QED) is 0.281. The molecule has 0 aliphatic carbocycles. The molecule has 0 radical (unpaired) electrons. The first-order valence-electron chi connectivity index (χ1n) is 6.23. The lowest BCUT2D eigenvalue weighted by molar-refractivity contribution is -0.139. The van der Waals surface area contributed by atoms with Crippen molar-refractivity contribution in [3.05, 3.63) is 35.9 Å². The fraction of sp³-hybridized carbons (Fsp3) is 0.429. The summed E-state index contributed by atoms with van der Waals surface area (Å²) in [4.78, 5) is 23.0. The van der Waals surface area contributed by atoms with Crippen molar-refractivity contribution < 1.29 is 28.2 Å². The Morgan fingerprint density at radius 1 is 0.900 bits per heavy atom. The lowest BCUT2D eigenvalue weighted by atomic mass is 10.1. The molecule has 1 rings (SSSR count). The first kappa shape index (κ1) is 16.3. The minimum Gasteiger partial charge on any atom is -0.457 e. The highest BCUT2D eigenvalue weighted by Gasteiger charge is 2.16. The van der Waals surface area contributed by atoms with Gasteiger partial charge in [0, 0.05) is 5.56 Å². The maximum atomic E-state index is 11.7. The number of hydrogen-bond acceptors (Lipinski definition) is 5. The van der Waals surface area contributed by atoms with E-state index in [4.69, 9.17) is 14.2 Å². The molecular formula is C14H17FO5. The van der Waals surface area contributed by atoms with Crippen molar-refractivity contribution in [1.82, 2.24) is 0 Å². The zero-order valence-corrected chi connectivity index (χ0v) is 11.0. The Bertz CT molecular complexity index is 407. The van der Waals surface area contributed by atoms with Crippen LogP contribution in [-0.2, 0) is 19.0 Å². The normalized spacial score (nSPS) is 10.2. The Balaban J connectivity index is 2.10. The number of benzene rings is 1. The van der Waals surface area contributed by atoms with Crippen LogP contribution in [0.3, 0.4) is 0 Å². The van der Waals surface area contributed by atoms with Crippen molar-refractivity contribution in [2.24, 2.45) is 0 Å². The fourth-order valence-corrected chi connectivity index (χ4v) is 1.34. The molecule has 0 saturated carbocycles. The van der Waals surface area contributed by atoms with Crippen molar-refractivity contribution in [2.75, 3.05) is 39.7 Å². The number of Topliss-reactive ketones (excluding diaryl/α,β-unsaturated/α-hetero) is 1. The Hall–Kier alpha value is -1.79. The molecule has 0 saturated heterocycles. The minimum absolute atomic E-state index is 0.0134. The van der Waals surface area contributed by atoms with Crippen LogP contribution in [0.4, 0.5) is 4.39 Å². The number of hydrogen-bond donors (Lipinski definition) is 0. The molecule has 1 aromatic rings. The number of ketones is 1. The molecule has 0 N–H and O–H groups in total. The number of carbonyl (C=O) groups is 2. The van der Waals surface area contributed by atoms with Gasteiger partial charge in [-0.3, -0.25) is 4.79 Å². The third-order valence-electron chi connectivity index (χ3n) is 2.28. The zero-order chi connectivity index (χ0) is 14.6. The summed E-state index contributed by atoms with van der Waals surface area (Å²) in [5.41, 5.74) is 0.290. The van der Waals surface area contributed by atoms with Crippen LogP contribution in [-0.4, -0.2) is 51.5 Å². The average molecular weight is 284 g/mol. The fourth-order valence-electron chi connectivity index (χ4n) is 1.34. The lowest BCUT2D eigenvalue weighted by Gasteiger charge is -2.06. The third-order valence-corrected chi connectivity index (χ3v) is 2.28. The summed E-state index contributed by atoms with van der Waals surface area (Å²) in [5.74, 6) is -1.59. The summed E-state index contributed by atoms with van der Waals surface area (Å²) in [6, 6.07) is 8.17. The largest absolute Gasteiger partial charge is 0.457 e. The number of rotatable bonds is 10. The Morgan fingerprint density at radius 3 is 2.15 bits per heavy atom. The van der Waals surface area contributed by atoms with Gasteiger partial charge in [-0.15, -0.1) is 0 Å². The average Bonchev–Trinajstić information content (AvgIpc) is 2.50. The molecule has 0 spiro atoms. The molecule has 0 aliphatic heterocycles. The summed E-state index contributed by atoms with van der Waals surface area (Å²) < 4.78 is 26.4. The number of esters is 1.